The van der Waals surface area contributed by atoms with Gasteiger partial charge in [0, 0.05) is 19.3 Å². The van der Waals surface area contributed by atoms with Gasteiger partial charge in [0.2, 0.25) is 0 Å². The van der Waals surface area contributed by atoms with E-state index in [1.807, 2.05) is 0 Å². The quantitative estimate of drug-likeness (QED) is 0.0263. The van der Waals surface area contributed by atoms with E-state index in [-0.39, 0.29) is 31.1 Å². The van der Waals surface area contributed by atoms with Crippen LogP contribution in [-0.2, 0) is 28.6 Å². The Hall–Kier alpha value is -1.85. The van der Waals surface area contributed by atoms with E-state index < -0.39 is 6.10 Å². The Morgan fingerprint density at radius 2 is 0.583 bits per heavy atom. The van der Waals surface area contributed by atoms with Crippen LogP contribution in [0.3, 0.4) is 0 Å². The van der Waals surface area contributed by atoms with E-state index in [1.165, 1.54) is 186 Å². The number of hydrogen-bond acceptors (Lipinski definition) is 6. The third-order valence-corrected chi connectivity index (χ3v) is 12.0. The summed E-state index contributed by atoms with van der Waals surface area (Å²) in [4.78, 5) is 37.9. The van der Waals surface area contributed by atoms with Gasteiger partial charge >= 0.3 is 17.9 Å². The Kier molecular flexibility index (Phi) is 48.3. The van der Waals surface area contributed by atoms with Gasteiger partial charge in [-0.3, -0.25) is 14.4 Å². The van der Waals surface area contributed by atoms with Crippen molar-refractivity contribution in [2.24, 2.45) is 0 Å². The molecular weight excluding hydrogens is 745 g/mol. The molecule has 1 unspecified atom stereocenters. The zero-order valence-corrected chi connectivity index (χ0v) is 40.5. The van der Waals surface area contributed by atoms with Crippen LogP contribution < -0.4 is 0 Å². The molecule has 0 N–H and O–H groups in total. The number of carbonyl (C=O) groups excluding carboxylic acids is 3. The minimum absolute atomic E-state index is 0.0674. The van der Waals surface area contributed by atoms with Gasteiger partial charge in [0.05, 0.1) is 0 Å². The largest absolute Gasteiger partial charge is 0.462 e. The number of esters is 3. The summed E-state index contributed by atoms with van der Waals surface area (Å²) in [6.45, 7) is 6.60. The molecule has 0 aliphatic heterocycles. The number of carbonyl (C=O) groups is 3. The lowest BCUT2D eigenvalue weighted by Crippen LogP contribution is -2.30. The van der Waals surface area contributed by atoms with E-state index in [4.69, 9.17) is 14.2 Å². The maximum Gasteiger partial charge on any atom is 0.306 e. The summed E-state index contributed by atoms with van der Waals surface area (Å²) in [5.41, 5.74) is 0. The van der Waals surface area contributed by atoms with E-state index in [0.29, 0.717) is 19.3 Å². The van der Waals surface area contributed by atoms with Gasteiger partial charge in [-0.2, -0.15) is 0 Å². The molecule has 60 heavy (non-hydrogen) atoms. The van der Waals surface area contributed by atoms with Crippen molar-refractivity contribution in [3.8, 4) is 0 Å². The zero-order chi connectivity index (χ0) is 43.7. The second kappa shape index (κ2) is 49.8. The van der Waals surface area contributed by atoms with Crippen LogP contribution in [-0.4, -0.2) is 37.2 Å². The van der Waals surface area contributed by atoms with E-state index >= 15 is 0 Å². The van der Waals surface area contributed by atoms with Crippen LogP contribution in [0.25, 0.3) is 0 Å². The lowest BCUT2D eigenvalue weighted by atomic mass is 10.0. The molecular formula is C54H102O6. The van der Waals surface area contributed by atoms with Crippen LogP contribution in [0.1, 0.15) is 297 Å². The second-order valence-electron chi connectivity index (χ2n) is 18.2. The van der Waals surface area contributed by atoms with Crippen molar-refractivity contribution in [1.29, 1.82) is 0 Å². The van der Waals surface area contributed by atoms with Gasteiger partial charge in [0.25, 0.3) is 0 Å². The molecule has 6 nitrogen and oxygen atoms in total. The summed E-state index contributed by atoms with van der Waals surface area (Å²) in [6.07, 6.45) is 55.0. The molecule has 0 saturated carbocycles. The average molecular weight is 847 g/mol. The Bertz CT molecular complexity index is 931. The molecule has 0 aromatic heterocycles. The molecule has 0 fully saturated rings. The lowest BCUT2D eigenvalue weighted by Gasteiger charge is -2.18. The van der Waals surface area contributed by atoms with Gasteiger partial charge in [0.1, 0.15) is 13.2 Å². The van der Waals surface area contributed by atoms with E-state index in [9.17, 15) is 14.4 Å². The molecule has 0 aromatic rings. The molecule has 0 radical (unpaired) electrons. The predicted molar refractivity (Wildman–Crippen MR) is 256 cm³/mol. The van der Waals surface area contributed by atoms with Crippen LogP contribution in [0, 0.1) is 0 Å². The molecule has 0 aromatic carbocycles. The third-order valence-electron chi connectivity index (χ3n) is 12.0. The second-order valence-corrected chi connectivity index (χ2v) is 18.2. The molecule has 0 bridgehead atoms. The fourth-order valence-corrected chi connectivity index (χ4v) is 7.98. The Morgan fingerprint density at radius 3 is 0.900 bits per heavy atom. The van der Waals surface area contributed by atoms with Gasteiger partial charge < -0.3 is 14.2 Å². The Labute approximate surface area is 373 Å². The predicted octanol–water partition coefficient (Wildman–Crippen LogP) is 17.4. The first kappa shape index (κ1) is 58.1. The summed E-state index contributed by atoms with van der Waals surface area (Å²) in [7, 11) is 0. The minimum Gasteiger partial charge on any atom is -0.462 e. The highest BCUT2D eigenvalue weighted by atomic mass is 16.6. The van der Waals surface area contributed by atoms with Gasteiger partial charge in [0.15, 0.2) is 6.10 Å². The number of unbranched alkanes of at least 4 members (excludes halogenated alkanes) is 36. The fraction of sp³-hybridized carbons (Fsp3) is 0.907. The van der Waals surface area contributed by atoms with Crippen LogP contribution >= 0.6 is 0 Å². The van der Waals surface area contributed by atoms with Crippen molar-refractivity contribution in [1.82, 2.24) is 0 Å². The van der Waals surface area contributed by atoms with Gasteiger partial charge in [-0.1, -0.05) is 251 Å². The first-order valence-electron chi connectivity index (χ1n) is 26.7. The molecule has 354 valence electrons. The average Bonchev–Trinajstić information content (AvgIpc) is 3.24. The van der Waals surface area contributed by atoms with Crippen LogP contribution in [0.2, 0.25) is 0 Å². The molecule has 0 aliphatic carbocycles. The molecule has 0 spiro atoms. The first-order chi connectivity index (χ1) is 29.5. The summed E-state index contributed by atoms with van der Waals surface area (Å²) < 4.78 is 16.8. The summed E-state index contributed by atoms with van der Waals surface area (Å²) in [5.74, 6) is -0.863. The molecule has 0 saturated heterocycles. The third kappa shape index (κ3) is 47.2. The highest BCUT2D eigenvalue weighted by molar-refractivity contribution is 5.71. The highest BCUT2D eigenvalue weighted by Gasteiger charge is 2.19. The number of ether oxygens (including phenoxy) is 3. The van der Waals surface area contributed by atoms with Crippen LogP contribution in [0.5, 0.6) is 0 Å². The van der Waals surface area contributed by atoms with E-state index in [0.717, 1.165) is 70.6 Å². The zero-order valence-electron chi connectivity index (χ0n) is 40.5. The molecule has 0 rings (SSSR count). The monoisotopic (exact) mass is 847 g/mol. The van der Waals surface area contributed by atoms with Crippen molar-refractivity contribution in [2.75, 3.05) is 13.2 Å². The molecule has 6 heteroatoms. The van der Waals surface area contributed by atoms with E-state index in [1.54, 1.807) is 0 Å². The molecule has 0 aliphatic rings. The Balaban J connectivity index is 4.18. The van der Waals surface area contributed by atoms with Crippen molar-refractivity contribution in [3.63, 3.8) is 0 Å². The topological polar surface area (TPSA) is 78.9 Å². The van der Waals surface area contributed by atoms with Gasteiger partial charge in [-0.05, 0) is 38.5 Å². The standard InChI is InChI=1S/C54H102O6/c1-4-7-10-13-16-19-22-23-24-25-26-27-28-29-30-31-33-35-38-41-44-47-53(56)59-50-51(49-58-52(55)46-43-40-37-34-21-18-15-12-9-6-3)60-54(57)48-45-42-39-36-32-20-17-14-11-8-5-2/h12,15,51H,4-11,13-14,16-50H2,1-3H3/b15-12-. The first-order valence-corrected chi connectivity index (χ1v) is 26.7. The van der Waals surface area contributed by atoms with Crippen LogP contribution in [0.4, 0.5) is 0 Å². The molecule has 0 amide bonds. The van der Waals surface area contributed by atoms with Crippen molar-refractivity contribution in [3.05, 3.63) is 12.2 Å². The number of allylic oxidation sites excluding steroid dienone is 2. The summed E-state index contributed by atoms with van der Waals surface area (Å²) in [6, 6.07) is 0. The van der Waals surface area contributed by atoms with Crippen molar-refractivity contribution in [2.45, 2.75) is 303 Å². The Morgan fingerprint density at radius 1 is 0.317 bits per heavy atom. The van der Waals surface area contributed by atoms with Gasteiger partial charge in [-0.15, -0.1) is 0 Å². The van der Waals surface area contributed by atoms with E-state index in [2.05, 4.69) is 32.9 Å². The number of hydrogen-bond donors (Lipinski definition) is 0. The lowest BCUT2D eigenvalue weighted by molar-refractivity contribution is -0.167. The van der Waals surface area contributed by atoms with Crippen molar-refractivity contribution < 1.29 is 28.6 Å². The molecule has 0 heterocycles. The van der Waals surface area contributed by atoms with Crippen molar-refractivity contribution >= 4 is 17.9 Å². The van der Waals surface area contributed by atoms with Gasteiger partial charge in [-0.25, -0.2) is 0 Å². The maximum absolute atomic E-state index is 12.7. The summed E-state index contributed by atoms with van der Waals surface area (Å²) in [5, 5.41) is 0. The normalized spacial score (nSPS) is 12.0. The minimum atomic E-state index is -0.765. The van der Waals surface area contributed by atoms with Crippen LogP contribution in [0.15, 0.2) is 12.2 Å². The summed E-state index contributed by atoms with van der Waals surface area (Å²) >= 11 is 0. The SMILES string of the molecule is CCC/C=C\CCCCCCCC(=O)OCC(COC(=O)CCCCCCCCCCCCCCCCCCCCCCC)OC(=O)CCCCCCCCCCCCC. The molecule has 1 atom stereocenters. The number of rotatable bonds is 49. The fourth-order valence-electron chi connectivity index (χ4n) is 7.98. The smallest absolute Gasteiger partial charge is 0.306 e. The highest BCUT2D eigenvalue weighted by Crippen LogP contribution is 2.17. The maximum atomic E-state index is 12.7.